The quantitative estimate of drug-likeness (QED) is 0.106. The first-order valence-corrected chi connectivity index (χ1v) is 13.3. The van der Waals surface area contributed by atoms with Gasteiger partial charge in [-0.2, -0.15) is 0 Å². The summed E-state index contributed by atoms with van der Waals surface area (Å²) >= 11 is 0. The van der Waals surface area contributed by atoms with Gasteiger partial charge in [0.2, 0.25) is 0 Å². The van der Waals surface area contributed by atoms with Crippen molar-refractivity contribution in [1.29, 1.82) is 0 Å². The second kappa shape index (κ2) is 16.1. The molecule has 0 radical (unpaired) electrons. The lowest BCUT2D eigenvalue weighted by Crippen LogP contribution is -2.17. The molecule has 0 spiro atoms. The standard InChI is InChI=1S/C29H47NO2/c1-4-5-6-7-8-9-10-11-12-13-14-15-16-17-18-19-29(31)32-26-22-20-25-21-23-28(30(2)3)27(25)24-26/h11-12,20,22,24,28H,4-10,13-19,21,23H2,1-3H3/b12-11-. The first-order valence-electron chi connectivity index (χ1n) is 13.3. The lowest BCUT2D eigenvalue weighted by Gasteiger charge is -2.20. The molecule has 0 saturated carbocycles. The molecule has 1 aromatic carbocycles. The number of allylic oxidation sites excluding steroid dienone is 2. The van der Waals surface area contributed by atoms with E-state index < -0.39 is 0 Å². The molecular weight excluding hydrogens is 394 g/mol. The highest BCUT2D eigenvalue weighted by Gasteiger charge is 2.24. The maximum absolute atomic E-state index is 12.2. The predicted octanol–water partition coefficient (Wildman–Crippen LogP) is 8.18. The molecule has 32 heavy (non-hydrogen) atoms. The van der Waals surface area contributed by atoms with E-state index in [1.165, 1.54) is 81.8 Å². The summed E-state index contributed by atoms with van der Waals surface area (Å²) in [7, 11) is 4.23. The number of ether oxygens (including phenoxy) is 1. The van der Waals surface area contributed by atoms with Gasteiger partial charge in [-0.15, -0.1) is 0 Å². The van der Waals surface area contributed by atoms with Crippen molar-refractivity contribution in [2.24, 2.45) is 0 Å². The molecule has 1 unspecified atom stereocenters. The summed E-state index contributed by atoms with van der Waals surface area (Å²) in [6.45, 7) is 2.27. The third-order valence-corrected chi connectivity index (χ3v) is 6.66. The molecule has 0 bridgehead atoms. The Kier molecular flexibility index (Phi) is 13.4. The largest absolute Gasteiger partial charge is 0.427 e. The lowest BCUT2D eigenvalue weighted by atomic mass is 10.1. The van der Waals surface area contributed by atoms with Crippen LogP contribution in [0.15, 0.2) is 30.4 Å². The molecule has 0 aromatic heterocycles. The number of aryl methyl sites for hydroxylation is 1. The molecule has 0 saturated heterocycles. The molecule has 1 aliphatic rings. The van der Waals surface area contributed by atoms with Crippen molar-refractivity contribution in [3.63, 3.8) is 0 Å². The number of unbranched alkanes of at least 4 members (excludes halogenated alkanes) is 11. The van der Waals surface area contributed by atoms with E-state index in [2.05, 4.69) is 50.2 Å². The van der Waals surface area contributed by atoms with Crippen LogP contribution in [0.5, 0.6) is 5.75 Å². The molecule has 1 aliphatic carbocycles. The van der Waals surface area contributed by atoms with Crippen LogP contribution in [0.1, 0.15) is 120 Å². The van der Waals surface area contributed by atoms with Crippen molar-refractivity contribution in [2.75, 3.05) is 14.1 Å². The zero-order valence-corrected chi connectivity index (χ0v) is 21.0. The van der Waals surface area contributed by atoms with Gasteiger partial charge in [-0.05, 0) is 82.3 Å². The van der Waals surface area contributed by atoms with Crippen LogP contribution in [-0.4, -0.2) is 25.0 Å². The van der Waals surface area contributed by atoms with E-state index in [1.807, 2.05) is 6.07 Å². The maximum atomic E-state index is 12.2. The summed E-state index contributed by atoms with van der Waals surface area (Å²) in [5.74, 6) is 0.609. The molecule has 3 heteroatoms. The Balaban J connectivity index is 1.47. The first kappa shape index (κ1) is 26.6. The normalized spacial score (nSPS) is 15.6. The summed E-state index contributed by atoms with van der Waals surface area (Å²) < 4.78 is 5.62. The van der Waals surface area contributed by atoms with E-state index in [9.17, 15) is 4.79 Å². The molecule has 0 aliphatic heterocycles. The minimum Gasteiger partial charge on any atom is -0.427 e. The molecule has 1 aromatic rings. The Bertz CT molecular complexity index is 680. The highest BCUT2D eigenvalue weighted by molar-refractivity contribution is 5.72. The number of carbonyl (C=O) groups is 1. The number of carbonyl (C=O) groups excluding carboxylic acids is 1. The number of fused-ring (bicyclic) bond motifs is 1. The van der Waals surface area contributed by atoms with Gasteiger partial charge in [0.25, 0.3) is 0 Å². The van der Waals surface area contributed by atoms with Gasteiger partial charge >= 0.3 is 5.97 Å². The molecule has 0 fully saturated rings. The third-order valence-electron chi connectivity index (χ3n) is 6.66. The Morgan fingerprint density at radius 2 is 1.56 bits per heavy atom. The zero-order valence-electron chi connectivity index (χ0n) is 21.0. The van der Waals surface area contributed by atoms with Gasteiger partial charge in [0.1, 0.15) is 5.75 Å². The molecule has 0 N–H and O–H groups in total. The number of rotatable bonds is 17. The van der Waals surface area contributed by atoms with Crippen molar-refractivity contribution in [1.82, 2.24) is 4.90 Å². The van der Waals surface area contributed by atoms with E-state index in [0.29, 0.717) is 18.2 Å². The predicted molar refractivity (Wildman–Crippen MR) is 136 cm³/mol. The fourth-order valence-corrected chi connectivity index (χ4v) is 4.68. The van der Waals surface area contributed by atoms with Crippen LogP contribution in [0.25, 0.3) is 0 Å². The minimum absolute atomic E-state index is 0.0954. The zero-order chi connectivity index (χ0) is 23.0. The molecule has 180 valence electrons. The average molecular weight is 442 g/mol. The van der Waals surface area contributed by atoms with E-state index in [0.717, 1.165) is 25.7 Å². The van der Waals surface area contributed by atoms with Crippen LogP contribution < -0.4 is 4.74 Å². The number of esters is 1. The highest BCUT2D eigenvalue weighted by atomic mass is 16.5. The molecule has 3 nitrogen and oxygen atoms in total. The van der Waals surface area contributed by atoms with Gasteiger partial charge in [0, 0.05) is 12.5 Å². The second-order valence-corrected chi connectivity index (χ2v) is 9.69. The highest BCUT2D eigenvalue weighted by Crippen LogP contribution is 2.36. The number of nitrogens with zero attached hydrogens (tertiary/aromatic N) is 1. The van der Waals surface area contributed by atoms with Crippen molar-refractivity contribution in [3.8, 4) is 5.75 Å². The third kappa shape index (κ3) is 10.3. The summed E-state index contributed by atoms with van der Waals surface area (Å²) in [4.78, 5) is 14.5. The Labute approximate surface area is 197 Å². The minimum atomic E-state index is -0.0954. The molecule has 1 atom stereocenters. The SMILES string of the molecule is CCCCCCCC/C=C\CCCCCCCC(=O)Oc1ccc2c(c1)C(N(C)C)CC2. The maximum Gasteiger partial charge on any atom is 0.311 e. The average Bonchev–Trinajstić information content (AvgIpc) is 3.20. The Morgan fingerprint density at radius 1 is 0.938 bits per heavy atom. The summed E-state index contributed by atoms with van der Waals surface area (Å²) in [5, 5.41) is 0. The van der Waals surface area contributed by atoms with Crippen LogP contribution in [0.4, 0.5) is 0 Å². The van der Waals surface area contributed by atoms with Gasteiger partial charge in [-0.3, -0.25) is 4.79 Å². The summed E-state index contributed by atoms with van der Waals surface area (Å²) in [6, 6.07) is 6.59. The van der Waals surface area contributed by atoms with Crippen molar-refractivity contribution in [3.05, 3.63) is 41.5 Å². The van der Waals surface area contributed by atoms with E-state index >= 15 is 0 Å². The van der Waals surface area contributed by atoms with Gasteiger partial charge in [0.15, 0.2) is 0 Å². The summed E-state index contributed by atoms with van der Waals surface area (Å²) in [6.07, 6.45) is 24.0. The monoisotopic (exact) mass is 441 g/mol. The second-order valence-electron chi connectivity index (χ2n) is 9.69. The smallest absolute Gasteiger partial charge is 0.311 e. The van der Waals surface area contributed by atoms with Crippen LogP contribution in [-0.2, 0) is 11.2 Å². The van der Waals surface area contributed by atoms with Crippen molar-refractivity contribution >= 4 is 5.97 Å². The van der Waals surface area contributed by atoms with Crippen molar-refractivity contribution in [2.45, 2.75) is 116 Å². The van der Waals surface area contributed by atoms with Crippen LogP contribution in [0, 0.1) is 0 Å². The molecule has 0 heterocycles. The number of hydrogen-bond acceptors (Lipinski definition) is 3. The van der Waals surface area contributed by atoms with Crippen LogP contribution in [0.2, 0.25) is 0 Å². The topological polar surface area (TPSA) is 29.5 Å². The van der Waals surface area contributed by atoms with E-state index in [1.54, 1.807) is 0 Å². The first-order chi connectivity index (χ1) is 15.6. The van der Waals surface area contributed by atoms with Gasteiger partial charge < -0.3 is 9.64 Å². The van der Waals surface area contributed by atoms with E-state index in [4.69, 9.17) is 4.74 Å². The summed E-state index contributed by atoms with van der Waals surface area (Å²) in [5.41, 5.74) is 2.71. The lowest BCUT2D eigenvalue weighted by molar-refractivity contribution is -0.134. The molecular formula is C29H47NO2. The Hall–Kier alpha value is -1.61. The molecule has 2 rings (SSSR count). The Morgan fingerprint density at radius 3 is 2.22 bits per heavy atom. The van der Waals surface area contributed by atoms with Crippen molar-refractivity contribution < 1.29 is 9.53 Å². The van der Waals surface area contributed by atoms with Crippen LogP contribution in [0.3, 0.4) is 0 Å². The van der Waals surface area contributed by atoms with E-state index in [-0.39, 0.29) is 5.97 Å². The fraction of sp³-hybridized carbons (Fsp3) is 0.690. The van der Waals surface area contributed by atoms with Gasteiger partial charge in [-0.1, -0.05) is 76.5 Å². The number of hydrogen-bond donors (Lipinski definition) is 0. The van der Waals surface area contributed by atoms with Gasteiger partial charge in [-0.25, -0.2) is 0 Å². The van der Waals surface area contributed by atoms with Gasteiger partial charge in [0.05, 0.1) is 0 Å². The molecule has 0 amide bonds. The number of benzene rings is 1. The van der Waals surface area contributed by atoms with Crippen LogP contribution >= 0.6 is 0 Å². The fourth-order valence-electron chi connectivity index (χ4n) is 4.68.